The third-order valence-corrected chi connectivity index (χ3v) is 5.19. The zero-order chi connectivity index (χ0) is 16.6. The molecule has 1 aromatic carbocycles. The van der Waals surface area contributed by atoms with Crippen molar-refractivity contribution in [1.29, 1.82) is 0 Å². The van der Waals surface area contributed by atoms with E-state index in [4.69, 9.17) is 4.52 Å². The van der Waals surface area contributed by atoms with Gasteiger partial charge >= 0.3 is 0 Å². The standard InChI is InChI=1S/C19H21FN2O2/c20-15-8-4-3-7-14(15)16-13-17(21-24-16)19(9-10-19)18(23)22-11-5-1-2-6-12-22/h3-4,7-8,13H,1-2,5-6,9-12H2. The summed E-state index contributed by atoms with van der Waals surface area (Å²) in [4.78, 5) is 15.0. The zero-order valence-electron chi connectivity index (χ0n) is 13.6. The Morgan fingerprint density at radius 3 is 2.50 bits per heavy atom. The summed E-state index contributed by atoms with van der Waals surface area (Å²) < 4.78 is 19.3. The molecule has 0 N–H and O–H groups in total. The van der Waals surface area contributed by atoms with Crippen molar-refractivity contribution < 1.29 is 13.7 Å². The summed E-state index contributed by atoms with van der Waals surface area (Å²) in [5.74, 6) is 0.208. The molecule has 2 aromatic rings. The molecule has 0 unspecified atom stereocenters. The average Bonchev–Trinajstić information content (AvgIpc) is 3.33. The van der Waals surface area contributed by atoms with Crippen LogP contribution in [0.15, 0.2) is 34.9 Å². The lowest BCUT2D eigenvalue weighted by Gasteiger charge is -2.24. The molecule has 1 saturated carbocycles. The number of amides is 1. The fourth-order valence-corrected chi connectivity index (χ4v) is 3.57. The predicted molar refractivity (Wildman–Crippen MR) is 87.9 cm³/mol. The average molecular weight is 328 g/mol. The van der Waals surface area contributed by atoms with Crippen LogP contribution >= 0.6 is 0 Å². The minimum absolute atomic E-state index is 0.165. The lowest BCUT2D eigenvalue weighted by atomic mass is 9.99. The maximum absolute atomic E-state index is 13.9. The molecule has 1 aromatic heterocycles. The van der Waals surface area contributed by atoms with E-state index >= 15 is 0 Å². The third kappa shape index (κ3) is 2.62. The fraction of sp³-hybridized carbons (Fsp3) is 0.474. The van der Waals surface area contributed by atoms with Crippen LogP contribution in [0, 0.1) is 5.82 Å². The van der Waals surface area contributed by atoms with Crippen molar-refractivity contribution in [1.82, 2.24) is 10.1 Å². The number of benzene rings is 1. The highest BCUT2D eigenvalue weighted by molar-refractivity contribution is 5.91. The van der Waals surface area contributed by atoms with Crippen LogP contribution in [0.25, 0.3) is 11.3 Å². The topological polar surface area (TPSA) is 46.3 Å². The van der Waals surface area contributed by atoms with Gasteiger partial charge in [-0.05, 0) is 37.8 Å². The van der Waals surface area contributed by atoms with Crippen molar-refractivity contribution in [2.45, 2.75) is 43.9 Å². The van der Waals surface area contributed by atoms with Crippen LogP contribution in [-0.4, -0.2) is 29.1 Å². The van der Waals surface area contributed by atoms with Crippen molar-refractivity contribution in [3.05, 3.63) is 41.8 Å². The van der Waals surface area contributed by atoms with Gasteiger partial charge in [-0.2, -0.15) is 0 Å². The second-order valence-electron chi connectivity index (χ2n) is 6.84. The van der Waals surface area contributed by atoms with Gasteiger partial charge in [-0.15, -0.1) is 0 Å². The minimum atomic E-state index is -0.544. The van der Waals surface area contributed by atoms with Gasteiger partial charge in [-0.1, -0.05) is 30.1 Å². The molecule has 2 heterocycles. The summed E-state index contributed by atoms with van der Waals surface area (Å²) in [7, 11) is 0. The highest BCUT2D eigenvalue weighted by Gasteiger charge is 2.55. The molecule has 2 fully saturated rings. The number of hydrogen-bond donors (Lipinski definition) is 0. The Balaban J connectivity index is 1.59. The maximum Gasteiger partial charge on any atom is 0.234 e. The van der Waals surface area contributed by atoms with E-state index in [0.29, 0.717) is 17.0 Å². The summed E-state index contributed by atoms with van der Waals surface area (Å²) in [5, 5.41) is 4.12. The van der Waals surface area contributed by atoms with Gasteiger partial charge in [0.05, 0.1) is 16.7 Å². The second-order valence-corrected chi connectivity index (χ2v) is 6.84. The van der Waals surface area contributed by atoms with Gasteiger partial charge < -0.3 is 9.42 Å². The molecule has 4 rings (SSSR count). The molecule has 0 spiro atoms. The number of carbonyl (C=O) groups excluding carboxylic acids is 1. The maximum atomic E-state index is 13.9. The van der Waals surface area contributed by atoms with Crippen LogP contribution in [-0.2, 0) is 10.2 Å². The molecule has 1 aliphatic carbocycles. The Hall–Kier alpha value is -2.17. The Kier molecular flexibility index (Phi) is 3.87. The molecule has 1 saturated heterocycles. The van der Waals surface area contributed by atoms with E-state index < -0.39 is 5.41 Å². The van der Waals surface area contributed by atoms with Crippen LogP contribution in [0.4, 0.5) is 4.39 Å². The van der Waals surface area contributed by atoms with Crippen LogP contribution < -0.4 is 0 Å². The number of aromatic nitrogens is 1. The molecule has 24 heavy (non-hydrogen) atoms. The molecule has 2 aliphatic rings. The lowest BCUT2D eigenvalue weighted by molar-refractivity contribution is -0.134. The molecule has 1 amide bonds. The summed E-state index contributed by atoms with van der Waals surface area (Å²) >= 11 is 0. The Bertz CT molecular complexity index is 743. The lowest BCUT2D eigenvalue weighted by Crippen LogP contribution is -2.40. The van der Waals surface area contributed by atoms with Gasteiger partial charge in [0.15, 0.2) is 5.76 Å². The largest absolute Gasteiger partial charge is 0.356 e. The Morgan fingerprint density at radius 2 is 1.83 bits per heavy atom. The fourth-order valence-electron chi connectivity index (χ4n) is 3.57. The molecule has 1 aliphatic heterocycles. The van der Waals surface area contributed by atoms with Gasteiger partial charge in [0.1, 0.15) is 5.82 Å². The van der Waals surface area contributed by atoms with Crippen molar-refractivity contribution in [2.24, 2.45) is 0 Å². The van der Waals surface area contributed by atoms with E-state index in [1.54, 1.807) is 24.3 Å². The van der Waals surface area contributed by atoms with Crippen molar-refractivity contribution >= 4 is 5.91 Å². The first-order valence-corrected chi connectivity index (χ1v) is 8.72. The molecule has 0 atom stereocenters. The number of halogens is 1. The summed E-state index contributed by atoms with van der Waals surface area (Å²) in [6, 6.07) is 8.20. The first-order valence-electron chi connectivity index (χ1n) is 8.72. The van der Waals surface area contributed by atoms with Crippen molar-refractivity contribution in [2.75, 3.05) is 13.1 Å². The second kappa shape index (κ2) is 6.04. The first-order chi connectivity index (χ1) is 11.7. The minimum Gasteiger partial charge on any atom is -0.356 e. The molecule has 0 radical (unpaired) electrons. The highest BCUT2D eigenvalue weighted by Crippen LogP contribution is 2.50. The highest BCUT2D eigenvalue weighted by atomic mass is 19.1. The number of carbonyl (C=O) groups is 1. The summed E-state index contributed by atoms with van der Waals surface area (Å²) in [5.41, 5.74) is 0.487. The Morgan fingerprint density at radius 1 is 1.12 bits per heavy atom. The van der Waals surface area contributed by atoms with Crippen LogP contribution in [0.2, 0.25) is 0 Å². The van der Waals surface area contributed by atoms with E-state index in [9.17, 15) is 9.18 Å². The van der Waals surface area contributed by atoms with Gasteiger partial charge in [-0.25, -0.2) is 4.39 Å². The van der Waals surface area contributed by atoms with E-state index in [1.807, 2.05) is 4.90 Å². The molecular weight excluding hydrogens is 307 g/mol. The van der Waals surface area contributed by atoms with Gasteiger partial charge in [0, 0.05) is 19.2 Å². The normalized spacial score (nSPS) is 19.8. The quantitative estimate of drug-likeness (QED) is 0.858. The van der Waals surface area contributed by atoms with Gasteiger partial charge in [0.2, 0.25) is 5.91 Å². The van der Waals surface area contributed by atoms with Crippen molar-refractivity contribution in [3.63, 3.8) is 0 Å². The van der Waals surface area contributed by atoms with E-state index in [0.717, 1.165) is 38.8 Å². The predicted octanol–water partition coefficient (Wildman–Crippen LogP) is 3.91. The van der Waals surface area contributed by atoms with Crippen LogP contribution in [0.3, 0.4) is 0 Å². The first kappa shape index (κ1) is 15.4. The summed E-state index contributed by atoms with van der Waals surface area (Å²) in [6.07, 6.45) is 6.12. The van der Waals surface area contributed by atoms with E-state index in [1.165, 1.54) is 18.9 Å². The van der Waals surface area contributed by atoms with E-state index in [-0.39, 0.29) is 11.7 Å². The smallest absolute Gasteiger partial charge is 0.234 e. The monoisotopic (exact) mass is 328 g/mol. The van der Waals surface area contributed by atoms with Crippen LogP contribution in [0.5, 0.6) is 0 Å². The molecule has 4 nitrogen and oxygen atoms in total. The molecule has 0 bridgehead atoms. The Labute approximate surface area is 140 Å². The number of nitrogens with zero attached hydrogens (tertiary/aromatic N) is 2. The molecular formula is C19H21FN2O2. The number of hydrogen-bond acceptors (Lipinski definition) is 3. The van der Waals surface area contributed by atoms with E-state index in [2.05, 4.69) is 5.16 Å². The van der Waals surface area contributed by atoms with Gasteiger partial charge in [0.25, 0.3) is 0 Å². The number of rotatable bonds is 3. The zero-order valence-corrected chi connectivity index (χ0v) is 13.6. The van der Waals surface area contributed by atoms with Crippen LogP contribution in [0.1, 0.15) is 44.2 Å². The summed E-state index contributed by atoms with van der Waals surface area (Å²) in [6.45, 7) is 1.66. The SMILES string of the molecule is O=C(N1CCCCCC1)C1(c2cc(-c3ccccc3F)on2)CC1. The third-order valence-electron chi connectivity index (χ3n) is 5.19. The molecule has 126 valence electrons. The van der Waals surface area contributed by atoms with Gasteiger partial charge in [-0.3, -0.25) is 4.79 Å². The molecule has 5 heteroatoms. The van der Waals surface area contributed by atoms with Crippen molar-refractivity contribution in [3.8, 4) is 11.3 Å². The number of likely N-dealkylation sites (tertiary alicyclic amines) is 1.